The molecule has 3 heteroatoms. The molecule has 0 aromatic carbocycles. The van der Waals surface area contributed by atoms with Gasteiger partial charge >= 0.3 is 7.59 Å². The number of hydrogen-bond acceptors (Lipinski definition) is 3. The molecule has 48 valence electrons. The quantitative estimate of drug-likeness (QED) is 0.453. The standard InChI is InChI=1S/C5H10O3/c1-2-3-4-8-5(6)7/h2-4H2,1H3,(H,6,7)/i/hT. The van der Waals surface area contributed by atoms with Crippen molar-refractivity contribution in [1.29, 1.82) is 1.43 Å². The average molecular weight is 120 g/mol. The van der Waals surface area contributed by atoms with Gasteiger partial charge in [-0.15, -0.1) is 0 Å². The largest absolute Gasteiger partial charge is 0.505 e. The molecule has 0 rings (SSSR count). The van der Waals surface area contributed by atoms with Gasteiger partial charge < -0.3 is 9.85 Å². The zero-order chi connectivity index (χ0) is 7.11. The van der Waals surface area contributed by atoms with Gasteiger partial charge in [-0.25, -0.2) is 4.79 Å². The first-order valence-electron chi connectivity index (χ1n) is 3.02. The molecule has 0 aromatic heterocycles. The van der Waals surface area contributed by atoms with Gasteiger partial charge in [0.15, 0.2) is 0 Å². The van der Waals surface area contributed by atoms with Crippen LogP contribution in [0.25, 0.3) is 1.43 Å². The molecule has 0 fully saturated rings. The predicted octanol–water partition coefficient (Wildman–Crippen LogP) is 1.48. The van der Waals surface area contributed by atoms with Crippen molar-refractivity contribution in [3.05, 3.63) is 0 Å². The summed E-state index contributed by atoms with van der Waals surface area (Å²) in [6.07, 6.45) is 0.851. The maximum atomic E-state index is 10.1. The second kappa shape index (κ2) is 4.43. The Morgan fingerprint density at radius 1 is 2.00 bits per heavy atom. The number of hydrogen-bond donors (Lipinski definition) is 1. The van der Waals surface area contributed by atoms with Gasteiger partial charge in [0.05, 0.1) is 6.61 Å². The van der Waals surface area contributed by atoms with Crippen LogP contribution < -0.4 is 0 Å². The lowest BCUT2D eigenvalue weighted by molar-refractivity contribution is 0.0905. The molecular formula is C5H10O3. The first kappa shape index (κ1) is 5.41. The summed E-state index contributed by atoms with van der Waals surface area (Å²) in [5.41, 5.74) is 0. The Morgan fingerprint density at radius 3 is 3.25 bits per heavy atom. The number of unbranched alkanes of at least 4 members (excludes halogenated alkanes) is 1. The third-order valence-electron chi connectivity index (χ3n) is 0.718. The van der Waals surface area contributed by atoms with Crippen molar-refractivity contribution in [3.8, 4) is 0 Å². The first-order chi connectivity index (χ1) is 4.31. The summed E-state index contributed by atoms with van der Waals surface area (Å²) in [4.78, 5) is 10.1. The van der Waals surface area contributed by atoms with Crippen LogP contribution in [-0.4, -0.2) is 17.9 Å². The molecule has 3 nitrogen and oxygen atoms in total. The van der Waals surface area contributed by atoms with Crippen molar-refractivity contribution in [2.24, 2.45) is 0 Å². The molecule has 0 heterocycles. The third kappa shape index (κ3) is 5.27. The Labute approximate surface area is 49.8 Å². The average Bonchev–Trinajstić information content (AvgIpc) is 1.89. The molecule has 0 aliphatic heterocycles. The van der Waals surface area contributed by atoms with Crippen molar-refractivity contribution < 1.29 is 14.6 Å². The maximum absolute atomic E-state index is 10.1. The summed E-state index contributed by atoms with van der Waals surface area (Å²) >= 11 is 0. The van der Waals surface area contributed by atoms with Crippen LogP contribution in [0.1, 0.15) is 19.8 Å². The molecule has 0 bridgehead atoms. The van der Waals surface area contributed by atoms with Crippen molar-refractivity contribution in [3.63, 3.8) is 0 Å². The molecule has 0 atom stereocenters. The van der Waals surface area contributed by atoms with Crippen LogP contribution in [0.15, 0.2) is 0 Å². The van der Waals surface area contributed by atoms with Gasteiger partial charge in [-0.05, 0) is 6.42 Å². The highest BCUT2D eigenvalue weighted by atomic mass is 16.7. The van der Waals surface area contributed by atoms with Gasteiger partial charge in [-0.3, -0.25) is 0 Å². The second-order valence-electron chi connectivity index (χ2n) is 1.45. The molecule has 0 radical (unpaired) electrons. The lowest BCUT2D eigenvalue weighted by atomic mass is 10.4. The van der Waals surface area contributed by atoms with Crippen molar-refractivity contribution in [1.82, 2.24) is 0 Å². The van der Waals surface area contributed by atoms with E-state index in [0.29, 0.717) is 6.61 Å². The van der Waals surface area contributed by atoms with Gasteiger partial charge in [0.2, 0.25) is 0 Å². The smallest absolute Gasteiger partial charge is 0.450 e. The highest BCUT2D eigenvalue weighted by molar-refractivity contribution is 5.56. The molecule has 0 aliphatic carbocycles. The number of rotatable bonds is 3. The lowest BCUT2D eigenvalue weighted by Gasteiger charge is -1.94. The van der Waals surface area contributed by atoms with Crippen LogP contribution in [0.3, 0.4) is 0 Å². The van der Waals surface area contributed by atoms with Crippen LogP contribution in [0.2, 0.25) is 0 Å². The summed E-state index contributed by atoms with van der Waals surface area (Å²) in [5.74, 6) is 0. The number of carboxylic acid groups (broad SMARTS) is 1. The molecule has 0 saturated carbocycles. The summed E-state index contributed by atoms with van der Waals surface area (Å²) in [7, 11) is 0. The third-order valence-corrected chi connectivity index (χ3v) is 0.718. The van der Waals surface area contributed by atoms with E-state index >= 15 is 0 Å². The van der Waals surface area contributed by atoms with E-state index in [2.05, 4.69) is 9.85 Å². The van der Waals surface area contributed by atoms with Crippen LogP contribution >= 0.6 is 0 Å². The Morgan fingerprint density at radius 2 is 2.75 bits per heavy atom. The zero-order valence-electron chi connectivity index (χ0n) is 5.85. The van der Waals surface area contributed by atoms with Gasteiger partial charge in [0, 0.05) is 0 Å². The Balaban J connectivity index is 2.97. The molecule has 1 N–H and O–H groups in total. The van der Waals surface area contributed by atoms with E-state index in [-0.39, 0.29) is 0 Å². The Bertz CT molecular complexity index is 84.3. The molecule has 0 amide bonds. The molecule has 8 heavy (non-hydrogen) atoms. The molecule has 0 aromatic rings. The fourth-order valence-electron chi connectivity index (χ4n) is 0.300. The van der Waals surface area contributed by atoms with E-state index in [1.807, 2.05) is 6.92 Å². The van der Waals surface area contributed by atoms with Crippen molar-refractivity contribution in [2.45, 2.75) is 19.8 Å². The van der Waals surface area contributed by atoms with Crippen molar-refractivity contribution in [2.75, 3.05) is 6.61 Å². The minimum atomic E-state index is -0.927. The minimum absolute atomic E-state index is 0.341. The fourth-order valence-corrected chi connectivity index (χ4v) is 0.300. The van der Waals surface area contributed by atoms with Gasteiger partial charge in [-0.1, -0.05) is 13.3 Å². The Hall–Kier alpha value is -0.730. The van der Waals surface area contributed by atoms with E-state index in [1.54, 1.807) is 0 Å². The van der Waals surface area contributed by atoms with Gasteiger partial charge in [0.1, 0.15) is 0 Å². The van der Waals surface area contributed by atoms with Crippen LogP contribution in [-0.2, 0) is 4.74 Å². The minimum Gasteiger partial charge on any atom is -0.450 e. The van der Waals surface area contributed by atoms with E-state index in [4.69, 9.17) is 1.43 Å². The summed E-state index contributed by atoms with van der Waals surface area (Å²) in [5, 5.41) is 3.49. The van der Waals surface area contributed by atoms with E-state index in [1.165, 1.54) is 0 Å². The maximum Gasteiger partial charge on any atom is 0.505 e. The molecule has 0 spiro atoms. The topological polar surface area (TPSA) is 46.5 Å². The highest BCUT2D eigenvalue weighted by Crippen LogP contribution is 1.86. The SMILES string of the molecule is [3H]OC(=O)OCCCC. The first-order valence-corrected chi connectivity index (χ1v) is 2.61. The number of carbonyl (C=O) groups is 1. The zero-order valence-corrected chi connectivity index (χ0v) is 4.85. The van der Waals surface area contributed by atoms with Gasteiger partial charge in [0.25, 0.3) is 0 Å². The molecule has 0 aliphatic rings. The van der Waals surface area contributed by atoms with Gasteiger partial charge in [-0.2, -0.15) is 0 Å². The molecule has 0 unspecified atom stereocenters. The fraction of sp³-hybridized carbons (Fsp3) is 0.800. The normalized spacial score (nSPS) is 9.88. The lowest BCUT2D eigenvalue weighted by Crippen LogP contribution is -2.00. The van der Waals surface area contributed by atoms with E-state index in [9.17, 15) is 4.79 Å². The van der Waals surface area contributed by atoms with Crippen LogP contribution in [0, 0.1) is 0 Å². The summed E-state index contributed by atoms with van der Waals surface area (Å²) in [6.45, 7) is 2.32. The highest BCUT2D eigenvalue weighted by Gasteiger charge is 1.91. The second-order valence-corrected chi connectivity index (χ2v) is 1.45. The molecule has 0 saturated heterocycles. The van der Waals surface area contributed by atoms with Crippen LogP contribution in [0.5, 0.6) is 0 Å². The van der Waals surface area contributed by atoms with E-state index in [0.717, 1.165) is 12.8 Å². The Kier molecular flexibility index (Phi) is 2.99. The van der Waals surface area contributed by atoms with Crippen molar-refractivity contribution >= 4 is 6.16 Å². The summed E-state index contributed by atoms with van der Waals surface area (Å²) in [6, 6.07) is 0. The number of ether oxygens (including phenoxy) is 1. The predicted molar refractivity (Wildman–Crippen MR) is 28.9 cm³/mol. The van der Waals surface area contributed by atoms with E-state index < -0.39 is 6.16 Å². The monoisotopic (exact) mass is 120 g/mol. The summed E-state index contributed by atoms with van der Waals surface area (Å²) < 4.78 is 10.5. The van der Waals surface area contributed by atoms with Crippen LogP contribution in [0.4, 0.5) is 4.79 Å². The molecular weight excluding hydrogens is 108 g/mol.